The summed E-state index contributed by atoms with van der Waals surface area (Å²) in [6, 6.07) is 9.11. The average Bonchev–Trinajstić information content (AvgIpc) is 2.97. The summed E-state index contributed by atoms with van der Waals surface area (Å²) in [5, 5.41) is 4.98. The number of thioether (sulfide) groups is 1. The number of hydrogen-bond acceptors (Lipinski definition) is 7. The monoisotopic (exact) mass is 409 g/mol. The van der Waals surface area contributed by atoms with Crippen molar-refractivity contribution < 1.29 is 23.9 Å². The summed E-state index contributed by atoms with van der Waals surface area (Å²) in [6.45, 7) is -0.288. The molecule has 0 spiro atoms. The van der Waals surface area contributed by atoms with Crippen LogP contribution < -0.4 is 10.6 Å². The fourth-order valence-corrected chi connectivity index (χ4v) is 3.29. The number of carbonyl (C=O) groups is 4. The van der Waals surface area contributed by atoms with Crippen LogP contribution in [-0.2, 0) is 30.3 Å². The Morgan fingerprint density at radius 2 is 1.89 bits per heavy atom. The van der Waals surface area contributed by atoms with E-state index in [-0.39, 0.29) is 37.9 Å². The van der Waals surface area contributed by atoms with Crippen molar-refractivity contribution in [2.75, 3.05) is 32.0 Å². The number of ether oxygens (including phenoxy) is 1. The number of carbonyl (C=O) groups excluding carboxylic acids is 4. The second kappa shape index (κ2) is 10.6. The van der Waals surface area contributed by atoms with Crippen LogP contribution >= 0.6 is 24.0 Å². The number of nitrogens with zero attached hydrogens (tertiary/aromatic N) is 1. The second-order valence-electron chi connectivity index (χ2n) is 5.55. The van der Waals surface area contributed by atoms with E-state index in [0.29, 0.717) is 10.1 Å². The Hall–Kier alpha value is -2.46. The maximum Gasteiger partial charge on any atom is 0.325 e. The highest BCUT2D eigenvalue weighted by atomic mass is 32.2. The number of rotatable bonds is 9. The Morgan fingerprint density at radius 3 is 2.56 bits per heavy atom. The summed E-state index contributed by atoms with van der Waals surface area (Å²) in [6.07, 6.45) is 0.157. The molecule has 0 saturated carbocycles. The van der Waals surface area contributed by atoms with Gasteiger partial charge in [-0.15, -0.1) is 0 Å². The van der Waals surface area contributed by atoms with Crippen LogP contribution in [0.1, 0.15) is 5.56 Å². The van der Waals surface area contributed by atoms with E-state index >= 15 is 0 Å². The maximum absolute atomic E-state index is 11.7. The predicted octanol–water partition coefficient (Wildman–Crippen LogP) is -0.135. The molecule has 1 aliphatic heterocycles. The molecule has 10 heteroatoms. The number of benzene rings is 1. The zero-order valence-electron chi connectivity index (χ0n) is 14.4. The molecular weight excluding hydrogens is 390 g/mol. The Balaban J connectivity index is 1.56. The first-order chi connectivity index (χ1) is 13.0. The van der Waals surface area contributed by atoms with E-state index in [4.69, 9.17) is 17.0 Å². The minimum Gasteiger partial charge on any atom is -0.454 e. The normalized spacial score (nSPS) is 13.4. The van der Waals surface area contributed by atoms with Gasteiger partial charge in [-0.2, -0.15) is 0 Å². The molecule has 1 fully saturated rings. The molecule has 1 saturated heterocycles. The van der Waals surface area contributed by atoms with Crippen molar-refractivity contribution >= 4 is 52.0 Å². The standard InChI is InChI=1S/C17H19N3O5S2/c21-13(8-12-4-2-1-3-5-12)19-9-16(24)25-10-14(22)18-6-7-20-15(23)11-27-17(20)26/h1-5H,6-11H2,(H,18,22)(H,19,21). The highest BCUT2D eigenvalue weighted by Gasteiger charge is 2.25. The van der Waals surface area contributed by atoms with Gasteiger partial charge in [-0.1, -0.05) is 54.3 Å². The summed E-state index contributed by atoms with van der Waals surface area (Å²) in [5.41, 5.74) is 0.831. The lowest BCUT2D eigenvalue weighted by molar-refractivity contribution is -0.148. The Morgan fingerprint density at radius 1 is 1.15 bits per heavy atom. The molecule has 1 aliphatic rings. The maximum atomic E-state index is 11.7. The molecule has 0 aromatic heterocycles. The van der Waals surface area contributed by atoms with Gasteiger partial charge >= 0.3 is 5.97 Å². The average molecular weight is 409 g/mol. The Bertz CT molecular complexity index is 711. The van der Waals surface area contributed by atoms with Crippen molar-refractivity contribution in [1.29, 1.82) is 0 Å². The fraction of sp³-hybridized carbons (Fsp3) is 0.353. The van der Waals surface area contributed by atoms with Crippen LogP contribution in [0.5, 0.6) is 0 Å². The molecule has 0 bridgehead atoms. The van der Waals surface area contributed by atoms with Crippen LogP contribution in [0.15, 0.2) is 30.3 Å². The van der Waals surface area contributed by atoms with E-state index in [1.807, 2.05) is 30.3 Å². The predicted molar refractivity (Wildman–Crippen MR) is 104 cm³/mol. The Labute approximate surface area is 166 Å². The lowest BCUT2D eigenvalue weighted by atomic mass is 10.1. The van der Waals surface area contributed by atoms with E-state index in [1.54, 1.807) is 0 Å². The number of thiocarbonyl (C=S) groups is 1. The van der Waals surface area contributed by atoms with Crippen molar-refractivity contribution in [3.63, 3.8) is 0 Å². The van der Waals surface area contributed by atoms with Crippen molar-refractivity contribution in [2.24, 2.45) is 0 Å². The van der Waals surface area contributed by atoms with Gasteiger partial charge in [0.05, 0.1) is 12.2 Å². The molecule has 1 aromatic carbocycles. The van der Waals surface area contributed by atoms with Crippen LogP contribution in [-0.4, -0.2) is 64.9 Å². The largest absolute Gasteiger partial charge is 0.454 e. The smallest absolute Gasteiger partial charge is 0.325 e. The molecule has 0 unspecified atom stereocenters. The lowest BCUT2D eigenvalue weighted by Gasteiger charge is -2.15. The molecule has 8 nitrogen and oxygen atoms in total. The van der Waals surface area contributed by atoms with Gasteiger partial charge in [-0.3, -0.25) is 24.1 Å². The van der Waals surface area contributed by atoms with Gasteiger partial charge in [0.1, 0.15) is 10.9 Å². The van der Waals surface area contributed by atoms with E-state index in [0.717, 1.165) is 5.56 Å². The molecule has 2 rings (SSSR count). The number of amides is 3. The quantitative estimate of drug-likeness (QED) is 0.432. The molecule has 1 heterocycles. The van der Waals surface area contributed by atoms with Gasteiger partial charge < -0.3 is 15.4 Å². The van der Waals surface area contributed by atoms with Crippen molar-refractivity contribution in [3.05, 3.63) is 35.9 Å². The fourth-order valence-electron chi connectivity index (χ4n) is 2.17. The third-order valence-electron chi connectivity index (χ3n) is 3.50. The lowest BCUT2D eigenvalue weighted by Crippen LogP contribution is -2.39. The van der Waals surface area contributed by atoms with E-state index in [2.05, 4.69) is 10.6 Å². The zero-order valence-corrected chi connectivity index (χ0v) is 16.1. The molecule has 0 radical (unpaired) electrons. The van der Waals surface area contributed by atoms with Gasteiger partial charge in [0.2, 0.25) is 11.8 Å². The molecular formula is C17H19N3O5S2. The van der Waals surface area contributed by atoms with Crippen LogP contribution in [0.3, 0.4) is 0 Å². The SMILES string of the molecule is O=C(COC(=O)CNC(=O)Cc1ccccc1)NCCN1C(=O)CSC1=S. The van der Waals surface area contributed by atoms with E-state index < -0.39 is 18.5 Å². The number of esters is 1. The summed E-state index contributed by atoms with van der Waals surface area (Å²) in [5.74, 6) is -1.29. The van der Waals surface area contributed by atoms with Gasteiger partial charge in [-0.05, 0) is 5.56 Å². The van der Waals surface area contributed by atoms with Crippen LogP contribution in [0.25, 0.3) is 0 Å². The summed E-state index contributed by atoms with van der Waals surface area (Å²) < 4.78 is 5.29. The van der Waals surface area contributed by atoms with Crippen molar-refractivity contribution in [2.45, 2.75) is 6.42 Å². The zero-order chi connectivity index (χ0) is 19.6. The highest BCUT2D eigenvalue weighted by Crippen LogP contribution is 2.18. The summed E-state index contributed by atoms with van der Waals surface area (Å²) in [4.78, 5) is 47.9. The minimum absolute atomic E-state index is 0.0862. The molecule has 2 N–H and O–H groups in total. The van der Waals surface area contributed by atoms with Crippen LogP contribution in [0.2, 0.25) is 0 Å². The van der Waals surface area contributed by atoms with E-state index in [9.17, 15) is 19.2 Å². The molecule has 3 amide bonds. The van der Waals surface area contributed by atoms with Gasteiger partial charge in [-0.25, -0.2) is 0 Å². The minimum atomic E-state index is -0.709. The first kappa shape index (κ1) is 20.8. The molecule has 27 heavy (non-hydrogen) atoms. The second-order valence-corrected chi connectivity index (χ2v) is 7.16. The number of hydrogen-bond donors (Lipinski definition) is 2. The van der Waals surface area contributed by atoms with Crippen molar-refractivity contribution in [1.82, 2.24) is 15.5 Å². The molecule has 0 atom stereocenters. The Kier molecular flexibility index (Phi) is 8.21. The third-order valence-corrected chi connectivity index (χ3v) is 4.93. The summed E-state index contributed by atoms with van der Waals surface area (Å²) in [7, 11) is 0. The van der Waals surface area contributed by atoms with Crippen LogP contribution in [0, 0.1) is 0 Å². The van der Waals surface area contributed by atoms with Gasteiger partial charge in [0, 0.05) is 13.1 Å². The van der Waals surface area contributed by atoms with E-state index in [1.165, 1.54) is 16.7 Å². The first-order valence-corrected chi connectivity index (χ1v) is 9.55. The third kappa shape index (κ3) is 7.35. The molecule has 144 valence electrons. The molecule has 1 aromatic rings. The van der Waals surface area contributed by atoms with Gasteiger partial charge in [0.15, 0.2) is 6.61 Å². The first-order valence-electron chi connectivity index (χ1n) is 8.16. The van der Waals surface area contributed by atoms with Crippen molar-refractivity contribution in [3.8, 4) is 0 Å². The summed E-state index contributed by atoms with van der Waals surface area (Å²) >= 11 is 6.31. The van der Waals surface area contributed by atoms with Crippen LogP contribution in [0.4, 0.5) is 0 Å². The molecule has 0 aliphatic carbocycles. The van der Waals surface area contributed by atoms with Gasteiger partial charge in [0.25, 0.3) is 5.91 Å². The number of nitrogens with one attached hydrogen (secondary N) is 2. The highest BCUT2D eigenvalue weighted by molar-refractivity contribution is 8.23. The topological polar surface area (TPSA) is 105 Å².